The van der Waals surface area contributed by atoms with E-state index in [2.05, 4.69) is 0 Å². The molecule has 20 heavy (non-hydrogen) atoms. The highest BCUT2D eigenvalue weighted by Gasteiger charge is 2.34. The van der Waals surface area contributed by atoms with Crippen LogP contribution in [0.2, 0.25) is 0 Å². The molecule has 0 spiro atoms. The normalized spacial score (nSPS) is 14.8. The Kier molecular flexibility index (Phi) is 3.18. The fraction of sp³-hybridized carbons (Fsp3) is 0.273. The molecule has 1 aromatic rings. The summed E-state index contributed by atoms with van der Waals surface area (Å²) in [5, 5.41) is 21.8. The molecule has 1 aliphatic heterocycles. The minimum atomic E-state index is -0.781. The van der Waals surface area contributed by atoms with Crippen LogP contribution in [-0.4, -0.2) is 21.7 Å². The number of anilines is 1. The molecule has 104 valence electrons. The molecule has 0 aromatic heterocycles. The zero-order chi connectivity index (χ0) is 15.0. The monoisotopic (exact) mass is 279 g/mol. The van der Waals surface area contributed by atoms with E-state index in [0.717, 1.165) is 17.0 Å². The van der Waals surface area contributed by atoms with Crippen molar-refractivity contribution in [2.45, 2.75) is 19.8 Å². The van der Waals surface area contributed by atoms with Gasteiger partial charge in [-0.05, 0) is 6.92 Å². The molecule has 1 saturated heterocycles. The minimum Gasteiger partial charge on any atom is -0.274 e. The Balaban J connectivity index is 2.65. The Labute approximate surface area is 112 Å². The lowest BCUT2D eigenvalue weighted by Crippen LogP contribution is -2.28. The predicted octanol–water partition coefficient (Wildman–Crippen LogP) is 1.46. The van der Waals surface area contributed by atoms with Gasteiger partial charge in [0.05, 0.1) is 15.5 Å². The summed E-state index contributed by atoms with van der Waals surface area (Å²) >= 11 is 0. The topological polar surface area (TPSA) is 124 Å². The van der Waals surface area contributed by atoms with Gasteiger partial charge in [0.2, 0.25) is 11.8 Å². The molecule has 1 fully saturated rings. The summed E-state index contributed by atoms with van der Waals surface area (Å²) in [5.41, 5.74) is -1.26. The number of rotatable bonds is 3. The number of nitro groups is 2. The molecule has 0 atom stereocenters. The van der Waals surface area contributed by atoms with Crippen molar-refractivity contribution in [3.8, 4) is 0 Å². The highest BCUT2D eigenvalue weighted by atomic mass is 16.6. The molecule has 9 heteroatoms. The first-order valence-corrected chi connectivity index (χ1v) is 5.62. The lowest BCUT2D eigenvalue weighted by molar-refractivity contribution is -0.395. The molecule has 0 saturated carbocycles. The van der Waals surface area contributed by atoms with Gasteiger partial charge in [0.15, 0.2) is 0 Å². The van der Waals surface area contributed by atoms with Crippen LogP contribution in [0.25, 0.3) is 0 Å². The van der Waals surface area contributed by atoms with Crippen LogP contribution in [0.5, 0.6) is 0 Å². The number of benzene rings is 1. The molecule has 1 heterocycles. The Morgan fingerprint density at radius 1 is 1.00 bits per heavy atom. The fourth-order valence-corrected chi connectivity index (χ4v) is 2.04. The first-order chi connectivity index (χ1) is 9.32. The highest BCUT2D eigenvalue weighted by Crippen LogP contribution is 2.35. The van der Waals surface area contributed by atoms with Crippen molar-refractivity contribution < 1.29 is 19.4 Å². The Morgan fingerprint density at radius 3 is 1.75 bits per heavy atom. The van der Waals surface area contributed by atoms with Crippen molar-refractivity contribution in [3.05, 3.63) is 37.9 Å². The molecule has 1 aromatic carbocycles. The van der Waals surface area contributed by atoms with Gasteiger partial charge < -0.3 is 0 Å². The first-order valence-electron chi connectivity index (χ1n) is 5.62. The van der Waals surface area contributed by atoms with Crippen molar-refractivity contribution in [3.63, 3.8) is 0 Å². The fourth-order valence-electron chi connectivity index (χ4n) is 2.04. The van der Waals surface area contributed by atoms with Crippen molar-refractivity contribution in [1.29, 1.82) is 0 Å². The smallest absolute Gasteiger partial charge is 0.274 e. The van der Waals surface area contributed by atoms with Crippen LogP contribution < -0.4 is 4.90 Å². The molecule has 2 amide bonds. The van der Waals surface area contributed by atoms with Gasteiger partial charge in [0.1, 0.15) is 5.56 Å². The van der Waals surface area contributed by atoms with Crippen LogP contribution in [0.4, 0.5) is 17.1 Å². The van der Waals surface area contributed by atoms with Gasteiger partial charge in [-0.3, -0.25) is 34.7 Å². The van der Waals surface area contributed by atoms with Gasteiger partial charge in [-0.25, -0.2) is 0 Å². The Morgan fingerprint density at radius 2 is 1.40 bits per heavy atom. The molecule has 0 radical (unpaired) electrons. The van der Waals surface area contributed by atoms with Crippen molar-refractivity contribution in [2.75, 3.05) is 4.90 Å². The van der Waals surface area contributed by atoms with Gasteiger partial charge in [-0.15, -0.1) is 0 Å². The van der Waals surface area contributed by atoms with Crippen LogP contribution >= 0.6 is 0 Å². The average molecular weight is 279 g/mol. The highest BCUT2D eigenvalue weighted by molar-refractivity contribution is 6.20. The second-order valence-corrected chi connectivity index (χ2v) is 4.25. The third-order valence-electron chi connectivity index (χ3n) is 3.04. The summed E-state index contributed by atoms with van der Waals surface area (Å²) in [5.74, 6) is -1.05. The number of carbonyl (C=O) groups excluding carboxylic acids is 2. The van der Waals surface area contributed by atoms with E-state index in [1.165, 1.54) is 6.92 Å². The molecule has 1 aliphatic rings. The third kappa shape index (κ3) is 2.09. The van der Waals surface area contributed by atoms with Crippen molar-refractivity contribution in [2.24, 2.45) is 0 Å². The number of carbonyl (C=O) groups is 2. The van der Waals surface area contributed by atoms with Gasteiger partial charge in [0, 0.05) is 25.0 Å². The van der Waals surface area contributed by atoms with Crippen molar-refractivity contribution >= 4 is 28.9 Å². The first kappa shape index (κ1) is 13.6. The Bertz CT molecular complexity index is 603. The van der Waals surface area contributed by atoms with E-state index in [4.69, 9.17) is 0 Å². The molecule has 0 bridgehead atoms. The maximum atomic E-state index is 11.6. The van der Waals surface area contributed by atoms with E-state index >= 15 is 0 Å². The number of hydrogen-bond donors (Lipinski definition) is 0. The van der Waals surface area contributed by atoms with E-state index in [-0.39, 0.29) is 24.1 Å². The lowest BCUT2D eigenvalue weighted by Gasteiger charge is -2.14. The molecular formula is C11H9N3O6. The molecular weight excluding hydrogens is 270 g/mol. The van der Waals surface area contributed by atoms with E-state index in [0.29, 0.717) is 0 Å². The average Bonchev–Trinajstić information content (AvgIpc) is 2.69. The molecule has 2 rings (SSSR count). The van der Waals surface area contributed by atoms with E-state index in [1.54, 1.807) is 0 Å². The SMILES string of the molecule is Cc1c([N+](=O)[O-])cc(N2C(=O)CCC2=O)cc1[N+](=O)[O-]. The van der Waals surface area contributed by atoms with E-state index in [1.807, 2.05) is 0 Å². The molecule has 0 unspecified atom stereocenters. The minimum absolute atomic E-state index is 0.00565. The largest absolute Gasteiger partial charge is 0.281 e. The zero-order valence-electron chi connectivity index (χ0n) is 10.4. The van der Waals surface area contributed by atoms with Crippen LogP contribution in [0, 0.1) is 27.2 Å². The number of amides is 2. The second-order valence-electron chi connectivity index (χ2n) is 4.25. The number of hydrogen-bond acceptors (Lipinski definition) is 6. The van der Waals surface area contributed by atoms with Gasteiger partial charge >= 0.3 is 0 Å². The summed E-state index contributed by atoms with van der Waals surface area (Å²) in [4.78, 5) is 44.2. The van der Waals surface area contributed by atoms with E-state index in [9.17, 15) is 29.8 Å². The molecule has 0 N–H and O–H groups in total. The van der Waals surface area contributed by atoms with Crippen LogP contribution in [0.15, 0.2) is 12.1 Å². The third-order valence-corrected chi connectivity index (χ3v) is 3.04. The van der Waals surface area contributed by atoms with Gasteiger partial charge in [-0.2, -0.15) is 0 Å². The summed E-state index contributed by atoms with van der Waals surface area (Å²) in [6.45, 7) is 1.24. The van der Waals surface area contributed by atoms with Crippen LogP contribution in [0.1, 0.15) is 18.4 Å². The summed E-state index contributed by atoms with van der Waals surface area (Å²) in [7, 11) is 0. The summed E-state index contributed by atoms with van der Waals surface area (Å²) in [6.07, 6.45) is -0.0113. The second kappa shape index (κ2) is 4.68. The number of imide groups is 1. The number of nitrogens with zero attached hydrogens (tertiary/aromatic N) is 3. The Hall–Kier alpha value is -2.84. The van der Waals surface area contributed by atoms with Crippen LogP contribution in [-0.2, 0) is 9.59 Å². The maximum absolute atomic E-state index is 11.6. The van der Waals surface area contributed by atoms with Gasteiger partial charge in [0.25, 0.3) is 11.4 Å². The van der Waals surface area contributed by atoms with E-state index < -0.39 is 33.0 Å². The predicted molar refractivity (Wildman–Crippen MR) is 66.2 cm³/mol. The van der Waals surface area contributed by atoms with Crippen molar-refractivity contribution in [1.82, 2.24) is 0 Å². The van der Waals surface area contributed by atoms with Crippen LogP contribution in [0.3, 0.4) is 0 Å². The molecule has 0 aliphatic carbocycles. The lowest BCUT2D eigenvalue weighted by atomic mass is 10.1. The van der Waals surface area contributed by atoms with Gasteiger partial charge in [-0.1, -0.05) is 0 Å². The maximum Gasteiger partial charge on any atom is 0.281 e. The quantitative estimate of drug-likeness (QED) is 0.468. The standard InChI is InChI=1S/C11H9N3O6/c1-6-8(13(17)18)4-7(5-9(6)14(19)20)12-10(15)2-3-11(12)16/h4-5H,2-3H2,1H3. The summed E-state index contributed by atoms with van der Waals surface area (Å²) < 4.78 is 0. The summed E-state index contributed by atoms with van der Waals surface area (Å²) in [6, 6.07) is 2.01. The zero-order valence-corrected chi connectivity index (χ0v) is 10.4. The number of nitro benzene ring substituents is 2. The molecule has 9 nitrogen and oxygen atoms in total.